The molecule has 0 aliphatic rings. The summed E-state index contributed by atoms with van der Waals surface area (Å²) in [4.78, 5) is 14.1. The number of aryl methyl sites for hydroxylation is 2. The number of benzene rings is 1. The van der Waals surface area contributed by atoms with Crippen LogP contribution in [0.5, 0.6) is 5.75 Å². The van der Waals surface area contributed by atoms with Gasteiger partial charge < -0.3 is 14.8 Å². The quantitative estimate of drug-likeness (QED) is 0.901. The van der Waals surface area contributed by atoms with E-state index in [0.29, 0.717) is 22.2 Å². The highest BCUT2D eigenvalue weighted by atomic mass is 35.5. The molecule has 0 amide bonds. The summed E-state index contributed by atoms with van der Waals surface area (Å²) in [5, 5.41) is 9.68. The third-order valence-corrected chi connectivity index (χ3v) is 3.42. The van der Waals surface area contributed by atoms with Gasteiger partial charge in [0.2, 0.25) is 0 Å². The first-order valence-corrected chi connectivity index (χ1v) is 6.09. The second-order valence-corrected chi connectivity index (χ2v) is 4.74. The van der Waals surface area contributed by atoms with Crippen molar-refractivity contribution in [2.75, 3.05) is 7.11 Å². The lowest BCUT2D eigenvalue weighted by Crippen LogP contribution is -1.95. The second-order valence-electron chi connectivity index (χ2n) is 4.33. The molecule has 100 valence electrons. The van der Waals surface area contributed by atoms with Crippen molar-refractivity contribution >= 4 is 17.6 Å². The van der Waals surface area contributed by atoms with Crippen LogP contribution in [-0.4, -0.2) is 23.2 Å². The van der Waals surface area contributed by atoms with Crippen LogP contribution >= 0.6 is 11.6 Å². The Bertz CT molecular complexity index is 646. The fourth-order valence-corrected chi connectivity index (χ4v) is 2.12. The van der Waals surface area contributed by atoms with Crippen LogP contribution in [0.1, 0.15) is 21.6 Å². The van der Waals surface area contributed by atoms with Gasteiger partial charge in [-0.2, -0.15) is 0 Å². The summed E-state index contributed by atoms with van der Waals surface area (Å²) < 4.78 is 5.32. The molecule has 0 aliphatic heterocycles. The molecule has 0 spiro atoms. The van der Waals surface area contributed by atoms with Crippen molar-refractivity contribution in [3.63, 3.8) is 0 Å². The van der Waals surface area contributed by atoms with Crippen molar-refractivity contribution in [3.05, 3.63) is 40.0 Å². The lowest BCUT2D eigenvalue weighted by molar-refractivity contribution is 0.0696. The Kier molecular flexibility index (Phi) is 3.53. The number of carboxylic acids is 1. The number of rotatable bonds is 3. The van der Waals surface area contributed by atoms with Crippen molar-refractivity contribution in [1.29, 1.82) is 0 Å². The van der Waals surface area contributed by atoms with Crippen LogP contribution in [0, 0.1) is 13.8 Å². The number of halogens is 1. The maximum Gasteiger partial charge on any atom is 0.337 e. The first kappa shape index (κ1) is 13.5. The van der Waals surface area contributed by atoms with Crippen molar-refractivity contribution in [3.8, 4) is 17.0 Å². The Morgan fingerprint density at radius 1 is 1.32 bits per heavy atom. The number of carbonyl (C=O) groups is 1. The van der Waals surface area contributed by atoms with Crippen molar-refractivity contribution in [1.82, 2.24) is 4.98 Å². The van der Waals surface area contributed by atoms with Gasteiger partial charge in [-0.1, -0.05) is 11.6 Å². The van der Waals surface area contributed by atoms with Gasteiger partial charge in [0.15, 0.2) is 0 Å². The maximum absolute atomic E-state index is 11.1. The van der Waals surface area contributed by atoms with E-state index in [2.05, 4.69) is 4.98 Å². The zero-order chi connectivity index (χ0) is 14.2. The number of ether oxygens (including phenoxy) is 1. The van der Waals surface area contributed by atoms with Crippen molar-refractivity contribution in [2.45, 2.75) is 13.8 Å². The molecular weight excluding hydrogens is 266 g/mol. The molecule has 1 aromatic heterocycles. The van der Waals surface area contributed by atoms with E-state index in [1.165, 1.54) is 0 Å². The number of aromatic amines is 1. The van der Waals surface area contributed by atoms with Gasteiger partial charge in [0.1, 0.15) is 5.75 Å². The largest absolute Gasteiger partial charge is 0.496 e. The number of aromatic carboxylic acids is 1. The Morgan fingerprint density at radius 2 is 2.00 bits per heavy atom. The summed E-state index contributed by atoms with van der Waals surface area (Å²) in [6, 6.07) is 5.18. The summed E-state index contributed by atoms with van der Waals surface area (Å²) in [5.74, 6) is -0.308. The van der Waals surface area contributed by atoms with Crippen molar-refractivity contribution in [2.24, 2.45) is 0 Å². The predicted octanol–water partition coefficient (Wildman–Crippen LogP) is 3.66. The number of methoxy groups -OCH3 is 1. The normalized spacial score (nSPS) is 10.5. The minimum atomic E-state index is -0.961. The third kappa shape index (κ3) is 2.44. The Morgan fingerprint density at radius 3 is 2.53 bits per heavy atom. The van der Waals surface area contributed by atoms with Gasteiger partial charge in [-0.15, -0.1) is 0 Å². The molecule has 1 aromatic carbocycles. The van der Waals surface area contributed by atoms with Gasteiger partial charge in [-0.3, -0.25) is 0 Å². The molecule has 0 saturated heterocycles. The second kappa shape index (κ2) is 4.97. The fraction of sp³-hybridized carbons (Fsp3) is 0.214. The molecule has 0 aliphatic carbocycles. The van der Waals surface area contributed by atoms with E-state index in [0.717, 1.165) is 11.1 Å². The summed E-state index contributed by atoms with van der Waals surface area (Å²) in [6.07, 6.45) is 0. The molecule has 0 saturated carbocycles. The highest BCUT2D eigenvalue weighted by Crippen LogP contribution is 2.35. The summed E-state index contributed by atoms with van der Waals surface area (Å²) in [5.41, 5.74) is 3.17. The number of hydrogen-bond donors (Lipinski definition) is 2. The van der Waals surface area contributed by atoms with Crippen LogP contribution in [0.25, 0.3) is 11.3 Å². The van der Waals surface area contributed by atoms with Gasteiger partial charge >= 0.3 is 5.97 Å². The van der Waals surface area contributed by atoms with Gasteiger partial charge in [-0.05, 0) is 37.6 Å². The average molecular weight is 280 g/mol. The number of aromatic nitrogens is 1. The number of carboxylic acid groups (broad SMARTS) is 1. The number of nitrogens with one attached hydrogen (secondary N) is 1. The van der Waals surface area contributed by atoms with E-state index in [-0.39, 0.29) is 5.56 Å². The van der Waals surface area contributed by atoms with Crippen LogP contribution in [0.3, 0.4) is 0 Å². The van der Waals surface area contributed by atoms with E-state index < -0.39 is 5.97 Å². The lowest BCUT2D eigenvalue weighted by Gasteiger charge is -2.09. The molecule has 2 rings (SSSR count). The van der Waals surface area contributed by atoms with Crippen LogP contribution < -0.4 is 4.74 Å². The predicted molar refractivity (Wildman–Crippen MR) is 74.2 cm³/mol. The molecule has 0 fully saturated rings. The molecular formula is C14H14ClNO3. The van der Waals surface area contributed by atoms with E-state index >= 15 is 0 Å². The topological polar surface area (TPSA) is 62.3 Å². The summed E-state index contributed by atoms with van der Waals surface area (Å²) >= 11 is 6.12. The maximum atomic E-state index is 11.1. The molecule has 0 unspecified atom stereocenters. The smallest absolute Gasteiger partial charge is 0.337 e. The Hall–Kier alpha value is -1.94. The first-order valence-electron chi connectivity index (χ1n) is 5.71. The molecule has 4 nitrogen and oxygen atoms in total. The summed E-state index contributed by atoms with van der Waals surface area (Å²) in [7, 11) is 1.57. The number of hydrogen-bond acceptors (Lipinski definition) is 2. The van der Waals surface area contributed by atoms with E-state index in [1.807, 2.05) is 13.0 Å². The highest BCUT2D eigenvalue weighted by molar-refractivity contribution is 6.31. The van der Waals surface area contributed by atoms with Crippen LogP contribution in [0.15, 0.2) is 18.2 Å². The Balaban J connectivity index is 2.61. The minimum Gasteiger partial charge on any atom is -0.496 e. The first-order chi connectivity index (χ1) is 8.93. The SMILES string of the molecule is COc1cc(C)c(Cl)cc1-c1cc(C(=O)O)c(C)[nH]1. The van der Waals surface area contributed by atoms with E-state index in [1.54, 1.807) is 26.2 Å². The minimum absolute atomic E-state index is 0.244. The molecule has 2 aromatic rings. The molecule has 0 atom stereocenters. The standard InChI is InChI=1S/C14H14ClNO3/c1-7-4-13(19-3)10(5-11(7)15)12-6-9(14(17)18)8(2)16-12/h4-6,16H,1-3H3,(H,17,18). The molecule has 2 N–H and O–H groups in total. The van der Waals surface area contributed by atoms with Gasteiger partial charge in [-0.25, -0.2) is 4.79 Å². The molecule has 0 bridgehead atoms. The molecule has 5 heteroatoms. The lowest BCUT2D eigenvalue weighted by atomic mass is 10.1. The molecule has 0 radical (unpaired) electrons. The van der Waals surface area contributed by atoms with E-state index in [4.69, 9.17) is 21.4 Å². The summed E-state index contributed by atoms with van der Waals surface area (Å²) in [6.45, 7) is 3.60. The Labute approximate surface area is 116 Å². The average Bonchev–Trinajstić information content (AvgIpc) is 2.74. The number of H-pyrrole nitrogens is 1. The zero-order valence-corrected chi connectivity index (χ0v) is 11.6. The van der Waals surface area contributed by atoms with Crippen LogP contribution in [0.4, 0.5) is 0 Å². The monoisotopic (exact) mass is 279 g/mol. The fourth-order valence-electron chi connectivity index (χ4n) is 1.96. The van der Waals surface area contributed by atoms with Crippen LogP contribution in [-0.2, 0) is 0 Å². The van der Waals surface area contributed by atoms with E-state index in [9.17, 15) is 4.79 Å². The molecule has 1 heterocycles. The van der Waals surface area contributed by atoms with Crippen molar-refractivity contribution < 1.29 is 14.6 Å². The van der Waals surface area contributed by atoms with Crippen LogP contribution in [0.2, 0.25) is 5.02 Å². The highest BCUT2D eigenvalue weighted by Gasteiger charge is 2.16. The zero-order valence-electron chi connectivity index (χ0n) is 10.9. The third-order valence-electron chi connectivity index (χ3n) is 3.02. The van der Waals surface area contributed by atoms with Gasteiger partial charge in [0.05, 0.1) is 18.4 Å². The van der Waals surface area contributed by atoms with Gasteiger partial charge in [0, 0.05) is 16.3 Å². The molecule has 19 heavy (non-hydrogen) atoms. The van der Waals surface area contributed by atoms with Gasteiger partial charge in [0.25, 0.3) is 0 Å².